The van der Waals surface area contributed by atoms with Gasteiger partial charge in [-0.15, -0.1) is 0 Å². The van der Waals surface area contributed by atoms with Gasteiger partial charge in [-0.1, -0.05) is 6.92 Å². The van der Waals surface area contributed by atoms with Crippen molar-refractivity contribution in [3.8, 4) is 0 Å². The number of carbonyl (C=O) groups is 1. The van der Waals surface area contributed by atoms with Crippen LogP contribution in [0.4, 0.5) is 13.2 Å². The fraction of sp³-hybridized carbons (Fsp3) is 0.462. The molecule has 0 radical (unpaired) electrons. The van der Waals surface area contributed by atoms with Crippen molar-refractivity contribution >= 4 is 5.91 Å². The van der Waals surface area contributed by atoms with Gasteiger partial charge in [0.05, 0.1) is 25.2 Å². The molecule has 2 atom stereocenters. The number of nitrogens with one attached hydrogen (secondary N) is 1. The van der Waals surface area contributed by atoms with E-state index in [9.17, 15) is 23.1 Å². The van der Waals surface area contributed by atoms with Gasteiger partial charge in [0.1, 0.15) is 0 Å². The number of ether oxygens (including phenoxy) is 1. The van der Waals surface area contributed by atoms with Crippen molar-refractivity contribution in [2.75, 3.05) is 20.3 Å². The van der Waals surface area contributed by atoms with Crippen LogP contribution in [-0.2, 0) is 9.53 Å². The molecule has 0 fully saturated rings. The van der Waals surface area contributed by atoms with Crippen molar-refractivity contribution in [2.24, 2.45) is 5.92 Å². The predicted molar refractivity (Wildman–Crippen MR) is 65.3 cm³/mol. The lowest BCUT2D eigenvalue weighted by molar-refractivity contribution is -0.127. The number of methoxy groups -OCH3 is 1. The summed E-state index contributed by atoms with van der Waals surface area (Å²) in [6.07, 6.45) is 0. The Bertz CT molecular complexity index is 459. The number of benzene rings is 1. The van der Waals surface area contributed by atoms with Gasteiger partial charge in [-0.25, -0.2) is 13.2 Å². The molecule has 2 unspecified atom stereocenters. The average Bonchev–Trinajstić information content (AvgIpc) is 2.41. The number of hydrogen-bond donors (Lipinski definition) is 2. The summed E-state index contributed by atoms with van der Waals surface area (Å²) in [4.78, 5) is 11.7. The van der Waals surface area contributed by atoms with Crippen LogP contribution in [0.3, 0.4) is 0 Å². The lowest BCUT2D eigenvalue weighted by atomic mass is 10.1. The Morgan fingerprint density at radius 2 is 1.90 bits per heavy atom. The van der Waals surface area contributed by atoms with Crippen molar-refractivity contribution in [3.63, 3.8) is 0 Å². The van der Waals surface area contributed by atoms with Gasteiger partial charge in [-0.05, 0) is 17.7 Å². The summed E-state index contributed by atoms with van der Waals surface area (Å²) >= 11 is 0. The molecule has 7 heteroatoms. The van der Waals surface area contributed by atoms with Crippen LogP contribution < -0.4 is 5.32 Å². The number of amides is 1. The van der Waals surface area contributed by atoms with E-state index in [-0.39, 0.29) is 12.2 Å². The van der Waals surface area contributed by atoms with E-state index in [2.05, 4.69) is 5.32 Å². The molecular formula is C13H16F3NO3. The third kappa shape index (κ3) is 3.94. The Morgan fingerprint density at radius 3 is 2.35 bits per heavy atom. The van der Waals surface area contributed by atoms with E-state index >= 15 is 0 Å². The molecule has 1 aromatic rings. The van der Waals surface area contributed by atoms with Gasteiger partial charge >= 0.3 is 0 Å². The van der Waals surface area contributed by atoms with Gasteiger partial charge in [-0.3, -0.25) is 4.79 Å². The van der Waals surface area contributed by atoms with E-state index in [1.54, 1.807) is 6.92 Å². The van der Waals surface area contributed by atoms with Crippen LogP contribution in [0.25, 0.3) is 0 Å². The SMILES string of the molecule is COCC(C)C(=O)NC(CO)c1cc(F)c(F)c(F)c1. The fourth-order valence-electron chi connectivity index (χ4n) is 1.65. The number of rotatable bonds is 6. The summed E-state index contributed by atoms with van der Waals surface area (Å²) in [5.74, 6) is -5.29. The topological polar surface area (TPSA) is 58.6 Å². The monoisotopic (exact) mass is 291 g/mol. The summed E-state index contributed by atoms with van der Waals surface area (Å²) in [6.45, 7) is 1.19. The van der Waals surface area contributed by atoms with Crippen LogP contribution in [-0.4, -0.2) is 31.3 Å². The summed E-state index contributed by atoms with van der Waals surface area (Å²) in [5.41, 5.74) is -0.0538. The average molecular weight is 291 g/mol. The fourth-order valence-corrected chi connectivity index (χ4v) is 1.65. The summed E-state index contributed by atoms with van der Waals surface area (Å²) in [6, 6.07) is 0.452. The second-order valence-electron chi connectivity index (χ2n) is 4.40. The molecule has 0 aliphatic rings. The summed E-state index contributed by atoms with van der Waals surface area (Å²) in [5, 5.41) is 11.6. The molecule has 0 aromatic heterocycles. The Labute approximate surface area is 114 Å². The van der Waals surface area contributed by atoms with E-state index < -0.39 is 41.9 Å². The third-order valence-electron chi connectivity index (χ3n) is 2.77. The highest BCUT2D eigenvalue weighted by atomic mass is 19.2. The first-order valence-electron chi connectivity index (χ1n) is 5.95. The van der Waals surface area contributed by atoms with E-state index in [0.29, 0.717) is 0 Å². The van der Waals surface area contributed by atoms with Crippen molar-refractivity contribution < 1.29 is 27.8 Å². The van der Waals surface area contributed by atoms with Gasteiger partial charge in [0.15, 0.2) is 17.5 Å². The molecule has 0 saturated carbocycles. The minimum absolute atomic E-state index is 0.0538. The Kier molecular flexibility index (Phi) is 5.97. The lowest BCUT2D eigenvalue weighted by Crippen LogP contribution is -2.36. The maximum atomic E-state index is 13.1. The molecule has 4 nitrogen and oxygen atoms in total. The predicted octanol–water partition coefficient (Wildman–Crippen LogP) is 1.54. The van der Waals surface area contributed by atoms with Gasteiger partial charge < -0.3 is 15.2 Å². The van der Waals surface area contributed by atoms with Crippen LogP contribution in [0, 0.1) is 23.4 Å². The zero-order valence-corrected chi connectivity index (χ0v) is 11.1. The molecule has 0 aliphatic heterocycles. The van der Waals surface area contributed by atoms with Crippen LogP contribution in [0.2, 0.25) is 0 Å². The van der Waals surface area contributed by atoms with E-state index in [1.165, 1.54) is 7.11 Å². The van der Waals surface area contributed by atoms with Crippen LogP contribution in [0.5, 0.6) is 0 Å². The molecule has 20 heavy (non-hydrogen) atoms. The van der Waals surface area contributed by atoms with Gasteiger partial charge in [0.2, 0.25) is 5.91 Å². The summed E-state index contributed by atoms with van der Waals surface area (Å²) < 4.78 is 43.9. The molecular weight excluding hydrogens is 275 g/mol. The van der Waals surface area contributed by atoms with Gasteiger partial charge in [0.25, 0.3) is 0 Å². The Hall–Kier alpha value is -1.60. The van der Waals surface area contributed by atoms with Crippen molar-refractivity contribution in [3.05, 3.63) is 35.1 Å². The van der Waals surface area contributed by atoms with Crippen molar-refractivity contribution in [1.29, 1.82) is 0 Å². The Balaban J connectivity index is 2.89. The molecule has 1 amide bonds. The van der Waals surface area contributed by atoms with Crippen LogP contribution >= 0.6 is 0 Å². The van der Waals surface area contributed by atoms with Gasteiger partial charge in [-0.2, -0.15) is 0 Å². The minimum Gasteiger partial charge on any atom is -0.394 e. The normalized spacial score (nSPS) is 13.9. The maximum absolute atomic E-state index is 13.1. The number of carbonyl (C=O) groups excluding carboxylic acids is 1. The molecule has 1 aromatic carbocycles. The van der Waals surface area contributed by atoms with Gasteiger partial charge in [0, 0.05) is 7.11 Å². The smallest absolute Gasteiger partial charge is 0.225 e. The molecule has 0 bridgehead atoms. The molecule has 0 spiro atoms. The molecule has 2 N–H and O–H groups in total. The first kappa shape index (κ1) is 16.5. The van der Waals surface area contributed by atoms with Crippen LogP contribution in [0.1, 0.15) is 18.5 Å². The highest BCUT2D eigenvalue weighted by Gasteiger charge is 2.21. The van der Waals surface area contributed by atoms with E-state index in [4.69, 9.17) is 4.74 Å². The zero-order valence-electron chi connectivity index (χ0n) is 11.1. The summed E-state index contributed by atoms with van der Waals surface area (Å²) in [7, 11) is 1.43. The lowest BCUT2D eigenvalue weighted by Gasteiger charge is -2.19. The second kappa shape index (κ2) is 7.25. The molecule has 0 saturated heterocycles. The zero-order chi connectivity index (χ0) is 15.3. The number of aliphatic hydroxyl groups is 1. The first-order chi connectivity index (χ1) is 9.40. The minimum atomic E-state index is -1.59. The van der Waals surface area contributed by atoms with Crippen molar-refractivity contribution in [2.45, 2.75) is 13.0 Å². The standard InChI is InChI=1S/C13H16F3NO3/c1-7(6-20-2)13(19)17-11(5-18)8-3-9(14)12(16)10(15)4-8/h3-4,7,11,18H,5-6H2,1-2H3,(H,17,19). The number of halogens is 3. The van der Waals surface area contributed by atoms with E-state index in [0.717, 1.165) is 12.1 Å². The van der Waals surface area contributed by atoms with Crippen LogP contribution in [0.15, 0.2) is 12.1 Å². The second-order valence-corrected chi connectivity index (χ2v) is 4.40. The van der Waals surface area contributed by atoms with E-state index in [1.807, 2.05) is 0 Å². The number of hydrogen-bond acceptors (Lipinski definition) is 3. The third-order valence-corrected chi connectivity index (χ3v) is 2.77. The Morgan fingerprint density at radius 1 is 1.35 bits per heavy atom. The quantitative estimate of drug-likeness (QED) is 0.782. The van der Waals surface area contributed by atoms with Crippen molar-refractivity contribution in [1.82, 2.24) is 5.32 Å². The molecule has 1 rings (SSSR count). The molecule has 0 aliphatic carbocycles. The highest BCUT2D eigenvalue weighted by molar-refractivity contribution is 5.78. The molecule has 0 heterocycles. The molecule has 112 valence electrons. The number of aliphatic hydroxyl groups excluding tert-OH is 1. The maximum Gasteiger partial charge on any atom is 0.225 e. The highest BCUT2D eigenvalue weighted by Crippen LogP contribution is 2.19. The first-order valence-corrected chi connectivity index (χ1v) is 5.95. The largest absolute Gasteiger partial charge is 0.394 e.